The van der Waals surface area contributed by atoms with Crippen LogP contribution in [0.15, 0.2) is 517 Å². The topological polar surface area (TPSA) is 6.48 Å². The molecule has 2 nitrogen and oxygen atoms in total. The van der Waals surface area contributed by atoms with Crippen LogP contribution in [0, 0.1) is 0 Å². The standard InChI is InChI=1S/C66H45NS2.C55H37NS/c1-5-18-46(19-6-1)49-32-35-55(36-33-49)67(54-25-11-4-12-26-54)56-27-17-24-50(41-56)51-34-38-63-61(44-51)62-45-57(37-39-64(62)68-63)69(65-30-15-13-28-59(65)60-29-14-16-31-66(60)69)58-42-52(47-20-7-2-8-21-47)40-53(43-58)48-22-9-3-10-23-48;1-4-15-38(16-5-1)39-27-31-45(32-28-39)56(44-20-8-3-9-21-44)46-22-14-17-40(35-46)41-29-33-49-50-37-43(30-34-53(50)57-54(49)36-41)55(42-18-6-2-7-19-42)51-25-12-10-23-47(51)48-24-11-13-26-52(48)55/h1-45H;1-37H. The van der Waals surface area contributed by atoms with E-state index in [-0.39, 0.29) is 0 Å². The Balaban J connectivity index is 0.000000148. The van der Waals surface area contributed by atoms with E-state index in [1.807, 2.05) is 22.7 Å². The van der Waals surface area contributed by atoms with Crippen LogP contribution in [0.1, 0.15) is 22.3 Å². The van der Waals surface area contributed by atoms with Crippen molar-refractivity contribution in [3.63, 3.8) is 0 Å². The molecule has 2 aromatic heterocycles. The summed E-state index contributed by atoms with van der Waals surface area (Å²) >= 11 is 3.77. The summed E-state index contributed by atoms with van der Waals surface area (Å²) in [5, 5.41) is 5.18. The van der Waals surface area contributed by atoms with Crippen molar-refractivity contribution in [2.45, 2.75) is 25.0 Å². The molecule has 1 aliphatic heterocycles. The molecule has 594 valence electrons. The summed E-state index contributed by atoms with van der Waals surface area (Å²) in [5.74, 6) is 0. The van der Waals surface area contributed by atoms with Gasteiger partial charge in [0.15, 0.2) is 0 Å². The number of hydrogen-bond donors (Lipinski definition) is 0. The Hall–Kier alpha value is -15.2. The van der Waals surface area contributed by atoms with Gasteiger partial charge in [0.05, 0.1) is 5.41 Å². The maximum atomic E-state index is 2.55. The second-order valence-electron chi connectivity index (χ2n) is 32.6. The largest absolute Gasteiger partial charge is 0.310 e. The molecule has 0 saturated carbocycles. The molecule has 0 atom stereocenters. The number of hydrogen-bond acceptors (Lipinski definition) is 4. The van der Waals surface area contributed by atoms with Gasteiger partial charge in [0.2, 0.25) is 0 Å². The molecule has 20 aromatic carbocycles. The number of thiophene rings is 2. The lowest BCUT2D eigenvalue weighted by Gasteiger charge is -2.40. The molecule has 0 bridgehead atoms. The summed E-state index contributed by atoms with van der Waals surface area (Å²) in [6.07, 6.45) is 0. The minimum absolute atomic E-state index is 0.413. The summed E-state index contributed by atoms with van der Waals surface area (Å²) in [6.45, 7) is 0. The van der Waals surface area contributed by atoms with E-state index in [0.29, 0.717) is 0 Å². The van der Waals surface area contributed by atoms with Crippen LogP contribution in [0.2, 0.25) is 0 Å². The molecule has 1 aliphatic carbocycles. The minimum atomic E-state index is -1.99. The van der Waals surface area contributed by atoms with Gasteiger partial charge in [-0.25, -0.2) is 0 Å². The fourth-order valence-electron chi connectivity index (χ4n) is 19.6. The average Bonchev–Trinajstić information content (AvgIpc) is 1.53. The van der Waals surface area contributed by atoms with E-state index in [1.165, 1.54) is 171 Å². The van der Waals surface area contributed by atoms with Crippen LogP contribution >= 0.6 is 32.7 Å². The molecule has 0 saturated heterocycles. The van der Waals surface area contributed by atoms with Crippen molar-refractivity contribution in [2.24, 2.45) is 0 Å². The quantitative estimate of drug-likeness (QED) is 0.0951. The second kappa shape index (κ2) is 32.2. The predicted molar refractivity (Wildman–Crippen MR) is 537 cm³/mol. The first-order valence-corrected chi connectivity index (χ1v) is 46.4. The Morgan fingerprint density at radius 1 is 0.175 bits per heavy atom. The number of para-hydroxylation sites is 2. The Labute approximate surface area is 744 Å². The van der Waals surface area contributed by atoms with Crippen molar-refractivity contribution in [1.82, 2.24) is 0 Å². The van der Waals surface area contributed by atoms with E-state index in [2.05, 4.69) is 507 Å². The summed E-state index contributed by atoms with van der Waals surface area (Å²) < 4.78 is 5.19. The van der Waals surface area contributed by atoms with Crippen LogP contribution in [0.4, 0.5) is 34.1 Å². The van der Waals surface area contributed by atoms with Crippen molar-refractivity contribution >= 4 is 107 Å². The molecule has 0 spiro atoms. The minimum Gasteiger partial charge on any atom is -0.310 e. The first-order valence-electron chi connectivity index (χ1n) is 43.1. The second-order valence-corrected chi connectivity index (χ2v) is 37.8. The van der Waals surface area contributed by atoms with Crippen molar-refractivity contribution in [2.75, 3.05) is 9.80 Å². The molecular formula is C121H82N2S3. The van der Waals surface area contributed by atoms with E-state index in [4.69, 9.17) is 0 Å². The SMILES string of the molecule is c1ccc(-c2ccc(N(c3ccccc3)c3cccc(-c4ccc5c(c4)sc4ccc(C6(c7ccccc7)c7ccccc7-c7ccccc76)cc45)c3)cc2)cc1.c1ccc(-c2ccc(N(c3ccccc3)c3cccc(-c4ccc5sc6ccc(S7(c8cc(-c9ccccc9)cc(-c9ccccc9)c8)c8ccccc8-c8ccccc87)cc6c5c4)c3)cc2)cc1. The van der Waals surface area contributed by atoms with Gasteiger partial charge >= 0.3 is 0 Å². The molecule has 126 heavy (non-hydrogen) atoms. The molecule has 0 unspecified atom stereocenters. The fourth-order valence-corrected chi connectivity index (χ4v) is 26.1. The highest BCUT2D eigenvalue weighted by molar-refractivity contribution is 8.34. The Bertz CT molecular complexity index is 7660. The molecule has 2 aliphatic rings. The van der Waals surface area contributed by atoms with Crippen LogP contribution in [-0.2, 0) is 5.41 Å². The number of fused-ring (bicyclic) bond motifs is 12. The van der Waals surface area contributed by atoms with Crippen LogP contribution in [0.25, 0.3) is 129 Å². The Morgan fingerprint density at radius 3 is 1.02 bits per heavy atom. The number of rotatable bonds is 16. The maximum absolute atomic E-state index is 2.55. The van der Waals surface area contributed by atoms with Gasteiger partial charge in [-0.2, -0.15) is 0 Å². The Kier molecular flexibility index (Phi) is 19.4. The van der Waals surface area contributed by atoms with Gasteiger partial charge in [-0.15, -0.1) is 32.7 Å². The lowest BCUT2D eigenvalue weighted by atomic mass is 9.67. The Morgan fingerprint density at radius 2 is 0.516 bits per heavy atom. The fraction of sp³-hybridized carbons (Fsp3) is 0.00826. The number of nitrogens with zero attached hydrogens (tertiary/aromatic N) is 2. The van der Waals surface area contributed by atoms with Crippen LogP contribution in [0.5, 0.6) is 0 Å². The normalized spacial score (nSPS) is 12.8. The molecule has 0 amide bonds. The summed E-state index contributed by atoms with van der Waals surface area (Å²) in [5.41, 5.74) is 31.3. The zero-order valence-electron chi connectivity index (χ0n) is 69.0. The highest BCUT2D eigenvalue weighted by atomic mass is 32.3. The lowest BCUT2D eigenvalue weighted by Crippen LogP contribution is -2.28. The summed E-state index contributed by atoms with van der Waals surface area (Å²) in [6, 6.07) is 183. The molecule has 0 N–H and O–H groups in total. The first kappa shape index (κ1) is 75.7. The third kappa shape index (κ3) is 13.3. The molecule has 22 aromatic rings. The van der Waals surface area contributed by atoms with E-state index >= 15 is 0 Å². The van der Waals surface area contributed by atoms with E-state index < -0.39 is 15.4 Å². The van der Waals surface area contributed by atoms with Gasteiger partial charge in [0, 0.05) is 94.1 Å². The summed E-state index contributed by atoms with van der Waals surface area (Å²) in [4.78, 5) is 10.2. The van der Waals surface area contributed by atoms with Crippen molar-refractivity contribution < 1.29 is 0 Å². The van der Waals surface area contributed by atoms with Crippen LogP contribution in [-0.4, -0.2) is 0 Å². The van der Waals surface area contributed by atoms with Crippen molar-refractivity contribution in [3.8, 4) is 89.0 Å². The lowest BCUT2D eigenvalue weighted by molar-refractivity contribution is 0.770. The summed E-state index contributed by atoms with van der Waals surface area (Å²) in [7, 11) is -1.99. The number of anilines is 6. The molecular weight excluding hydrogens is 1580 g/mol. The van der Waals surface area contributed by atoms with Crippen molar-refractivity contribution in [1.29, 1.82) is 0 Å². The molecule has 5 heteroatoms. The molecule has 0 fully saturated rings. The highest BCUT2D eigenvalue weighted by Crippen LogP contribution is 2.80. The smallest absolute Gasteiger partial charge is 0.0713 e. The third-order valence-electron chi connectivity index (χ3n) is 25.4. The van der Waals surface area contributed by atoms with Gasteiger partial charge < -0.3 is 9.80 Å². The third-order valence-corrected chi connectivity index (χ3v) is 31.6. The van der Waals surface area contributed by atoms with Crippen LogP contribution < -0.4 is 9.80 Å². The van der Waals surface area contributed by atoms with E-state index in [1.54, 1.807) is 0 Å². The van der Waals surface area contributed by atoms with Gasteiger partial charge in [-0.05, 0) is 263 Å². The van der Waals surface area contributed by atoms with E-state index in [0.717, 1.165) is 34.1 Å². The van der Waals surface area contributed by atoms with Crippen LogP contribution in [0.3, 0.4) is 0 Å². The predicted octanol–water partition coefficient (Wildman–Crippen LogP) is 34.7. The molecule has 3 heterocycles. The van der Waals surface area contributed by atoms with Gasteiger partial charge in [-0.3, -0.25) is 0 Å². The molecule has 24 rings (SSSR count). The maximum Gasteiger partial charge on any atom is 0.0713 e. The average molecular weight is 1660 g/mol. The van der Waals surface area contributed by atoms with Gasteiger partial charge in [0.1, 0.15) is 0 Å². The first-order chi connectivity index (χ1) is 62.4. The van der Waals surface area contributed by atoms with E-state index in [9.17, 15) is 0 Å². The monoisotopic (exact) mass is 1660 g/mol. The number of benzene rings is 20. The van der Waals surface area contributed by atoms with Crippen molar-refractivity contribution in [3.05, 3.63) is 520 Å². The molecule has 0 radical (unpaired) electrons. The zero-order valence-corrected chi connectivity index (χ0v) is 71.4. The van der Waals surface area contributed by atoms with Gasteiger partial charge in [0.25, 0.3) is 0 Å². The van der Waals surface area contributed by atoms with Gasteiger partial charge in [-0.1, -0.05) is 346 Å². The zero-order chi connectivity index (χ0) is 83.5. The highest BCUT2D eigenvalue weighted by Gasteiger charge is 2.47.